The van der Waals surface area contributed by atoms with Crippen LogP contribution in [0.15, 0.2) is 36.4 Å². The third-order valence-electron chi connectivity index (χ3n) is 3.09. The molecule has 0 saturated carbocycles. The number of rotatable bonds is 7. The summed E-state index contributed by atoms with van der Waals surface area (Å²) in [5.41, 5.74) is -0.301. The average molecular weight is 290 g/mol. The molecule has 21 heavy (non-hydrogen) atoms. The predicted octanol–water partition coefficient (Wildman–Crippen LogP) is 3.22. The van der Waals surface area contributed by atoms with Crippen molar-refractivity contribution >= 4 is 18.0 Å². The molecule has 1 aromatic carbocycles. The van der Waals surface area contributed by atoms with E-state index in [-0.39, 0.29) is 19.6 Å². The Morgan fingerprint density at radius 2 is 1.57 bits per heavy atom. The van der Waals surface area contributed by atoms with Gasteiger partial charge in [-0.1, -0.05) is 42.5 Å². The largest absolute Gasteiger partial charge is 0.465 e. The van der Waals surface area contributed by atoms with Crippen LogP contribution in [0.25, 0.3) is 6.08 Å². The average Bonchev–Trinajstić information content (AvgIpc) is 2.48. The van der Waals surface area contributed by atoms with Gasteiger partial charge < -0.3 is 9.47 Å². The van der Waals surface area contributed by atoms with Gasteiger partial charge in [0.2, 0.25) is 0 Å². The molecule has 0 aromatic heterocycles. The van der Waals surface area contributed by atoms with E-state index in [1.165, 1.54) is 0 Å². The topological polar surface area (TPSA) is 52.6 Å². The van der Waals surface area contributed by atoms with Gasteiger partial charge in [-0.3, -0.25) is 9.59 Å². The van der Waals surface area contributed by atoms with Crippen molar-refractivity contribution in [3.63, 3.8) is 0 Å². The molecule has 1 rings (SSSR count). The van der Waals surface area contributed by atoms with E-state index in [0.717, 1.165) is 5.56 Å². The number of hydrogen-bond donors (Lipinski definition) is 0. The summed E-state index contributed by atoms with van der Waals surface area (Å²) in [7, 11) is 0. The van der Waals surface area contributed by atoms with Gasteiger partial charge in [0.15, 0.2) is 5.41 Å². The van der Waals surface area contributed by atoms with E-state index in [1.807, 2.05) is 36.4 Å². The highest BCUT2D eigenvalue weighted by Crippen LogP contribution is 2.26. The molecule has 0 bridgehead atoms. The highest BCUT2D eigenvalue weighted by Gasteiger charge is 2.43. The zero-order valence-corrected chi connectivity index (χ0v) is 12.8. The predicted molar refractivity (Wildman–Crippen MR) is 81.5 cm³/mol. The minimum absolute atomic E-state index is 0.232. The number of benzene rings is 1. The lowest BCUT2D eigenvalue weighted by Crippen LogP contribution is -2.39. The molecular weight excluding hydrogens is 268 g/mol. The minimum atomic E-state index is -1.31. The van der Waals surface area contributed by atoms with Gasteiger partial charge in [0, 0.05) is 0 Å². The van der Waals surface area contributed by atoms with Crippen LogP contribution in [0, 0.1) is 5.41 Å². The molecule has 0 aliphatic rings. The second-order valence-electron chi connectivity index (χ2n) is 4.79. The first-order valence-electron chi connectivity index (χ1n) is 7.10. The molecule has 0 spiro atoms. The van der Waals surface area contributed by atoms with Crippen LogP contribution in [0.3, 0.4) is 0 Å². The molecule has 0 heterocycles. The molecule has 4 heteroatoms. The van der Waals surface area contributed by atoms with Crippen LogP contribution in [0.2, 0.25) is 0 Å². The fraction of sp³-hybridized carbons (Fsp3) is 0.412. The van der Waals surface area contributed by atoms with Gasteiger partial charge in [-0.2, -0.15) is 0 Å². The van der Waals surface area contributed by atoms with Gasteiger partial charge in [-0.05, 0) is 32.8 Å². The molecular formula is C17H22O4. The molecule has 0 aliphatic carbocycles. The lowest BCUT2D eigenvalue weighted by atomic mass is 9.86. The number of hydrogen-bond acceptors (Lipinski definition) is 4. The van der Waals surface area contributed by atoms with Crippen LogP contribution in [-0.4, -0.2) is 25.2 Å². The normalized spacial score (nSPS) is 11.4. The molecule has 114 valence electrons. The Morgan fingerprint density at radius 3 is 2.05 bits per heavy atom. The molecule has 4 nitrogen and oxygen atoms in total. The van der Waals surface area contributed by atoms with Crippen LogP contribution in [-0.2, 0) is 19.1 Å². The van der Waals surface area contributed by atoms with Gasteiger partial charge in [0.1, 0.15) is 0 Å². The highest BCUT2D eigenvalue weighted by atomic mass is 16.6. The summed E-state index contributed by atoms with van der Waals surface area (Å²) in [5.74, 6) is -1.11. The van der Waals surface area contributed by atoms with Crippen molar-refractivity contribution in [2.75, 3.05) is 13.2 Å². The minimum Gasteiger partial charge on any atom is -0.465 e. The highest BCUT2D eigenvalue weighted by molar-refractivity contribution is 5.99. The van der Waals surface area contributed by atoms with Crippen molar-refractivity contribution in [1.29, 1.82) is 0 Å². The quantitative estimate of drug-likeness (QED) is 0.571. The second kappa shape index (κ2) is 8.25. The van der Waals surface area contributed by atoms with Crippen molar-refractivity contribution in [2.45, 2.75) is 27.2 Å². The number of ether oxygens (including phenoxy) is 2. The van der Waals surface area contributed by atoms with E-state index in [2.05, 4.69) is 0 Å². The maximum absolute atomic E-state index is 12.1. The first-order valence-corrected chi connectivity index (χ1v) is 7.10. The number of esters is 2. The van der Waals surface area contributed by atoms with Gasteiger partial charge in [0.25, 0.3) is 0 Å². The van der Waals surface area contributed by atoms with Gasteiger partial charge in [-0.15, -0.1) is 0 Å². The van der Waals surface area contributed by atoms with Crippen LogP contribution in [0.1, 0.15) is 32.8 Å². The fourth-order valence-corrected chi connectivity index (χ4v) is 1.83. The zero-order valence-electron chi connectivity index (χ0n) is 12.8. The zero-order chi connectivity index (χ0) is 15.7. The van der Waals surface area contributed by atoms with Crippen molar-refractivity contribution in [3.05, 3.63) is 42.0 Å². The van der Waals surface area contributed by atoms with Gasteiger partial charge in [0.05, 0.1) is 13.2 Å². The standard InChI is InChI=1S/C17H22O4/c1-4-20-15(18)17(3,16(19)21-5-2)13-9-12-14-10-7-6-8-11-14/h6-12H,4-5,13H2,1-3H3/b12-9-. The van der Waals surface area contributed by atoms with Crippen molar-refractivity contribution in [1.82, 2.24) is 0 Å². The Labute approximate surface area is 125 Å². The van der Waals surface area contributed by atoms with E-state index in [1.54, 1.807) is 26.8 Å². The monoisotopic (exact) mass is 290 g/mol. The summed E-state index contributed by atoms with van der Waals surface area (Å²) in [6, 6.07) is 9.68. The van der Waals surface area contributed by atoms with E-state index in [0.29, 0.717) is 0 Å². The smallest absolute Gasteiger partial charge is 0.323 e. The second-order valence-corrected chi connectivity index (χ2v) is 4.79. The van der Waals surface area contributed by atoms with Crippen LogP contribution in [0.5, 0.6) is 0 Å². The number of allylic oxidation sites excluding steroid dienone is 1. The molecule has 0 atom stereocenters. The van der Waals surface area contributed by atoms with E-state index >= 15 is 0 Å². The maximum atomic E-state index is 12.1. The summed E-state index contributed by atoms with van der Waals surface area (Å²) < 4.78 is 10.0. The first-order chi connectivity index (χ1) is 10.0. The molecule has 0 aliphatic heterocycles. The SMILES string of the molecule is CCOC(=O)C(C)(C/C=C\c1ccccc1)C(=O)OCC. The Bertz CT molecular complexity index is 473. The van der Waals surface area contributed by atoms with E-state index in [9.17, 15) is 9.59 Å². The Hall–Kier alpha value is -2.10. The van der Waals surface area contributed by atoms with Crippen molar-refractivity contribution < 1.29 is 19.1 Å². The lowest BCUT2D eigenvalue weighted by molar-refractivity contribution is -0.170. The molecule has 0 saturated heterocycles. The molecule has 0 N–H and O–H groups in total. The van der Waals surface area contributed by atoms with Crippen LogP contribution >= 0.6 is 0 Å². The van der Waals surface area contributed by atoms with E-state index in [4.69, 9.17) is 9.47 Å². The summed E-state index contributed by atoms with van der Waals surface area (Å²) in [4.78, 5) is 24.1. The van der Waals surface area contributed by atoms with Gasteiger partial charge in [-0.25, -0.2) is 0 Å². The van der Waals surface area contributed by atoms with Crippen LogP contribution < -0.4 is 0 Å². The molecule has 0 radical (unpaired) electrons. The Balaban J connectivity index is 2.84. The van der Waals surface area contributed by atoms with Gasteiger partial charge >= 0.3 is 11.9 Å². The van der Waals surface area contributed by atoms with E-state index < -0.39 is 17.4 Å². The van der Waals surface area contributed by atoms with Crippen molar-refractivity contribution in [3.8, 4) is 0 Å². The van der Waals surface area contributed by atoms with Crippen LogP contribution in [0.4, 0.5) is 0 Å². The summed E-state index contributed by atoms with van der Waals surface area (Å²) in [5, 5.41) is 0. The Kier molecular flexibility index (Phi) is 6.66. The molecule has 0 unspecified atom stereocenters. The lowest BCUT2D eigenvalue weighted by Gasteiger charge is -2.23. The molecule has 0 fully saturated rings. The third-order valence-corrected chi connectivity index (χ3v) is 3.09. The summed E-state index contributed by atoms with van der Waals surface area (Å²) in [6.45, 7) is 5.44. The first kappa shape index (κ1) is 17.0. The molecule has 0 amide bonds. The van der Waals surface area contributed by atoms with Crippen molar-refractivity contribution in [2.24, 2.45) is 5.41 Å². The summed E-state index contributed by atoms with van der Waals surface area (Å²) >= 11 is 0. The summed E-state index contributed by atoms with van der Waals surface area (Å²) in [6.07, 6.45) is 3.90. The number of carbonyl (C=O) groups is 2. The number of carbonyl (C=O) groups excluding carboxylic acids is 2. The third kappa shape index (κ3) is 4.74. The molecule has 1 aromatic rings. The fourth-order valence-electron chi connectivity index (χ4n) is 1.83. The Morgan fingerprint density at radius 1 is 1.05 bits per heavy atom. The maximum Gasteiger partial charge on any atom is 0.323 e.